The van der Waals surface area contributed by atoms with Crippen LogP contribution in [-0.4, -0.2) is 13.0 Å². The van der Waals surface area contributed by atoms with Gasteiger partial charge in [0.15, 0.2) is 0 Å². The number of nitrogens with one attached hydrogen (secondary N) is 1. The minimum atomic E-state index is 0.698. The average molecular weight is 396 g/mol. The summed E-state index contributed by atoms with van der Waals surface area (Å²) in [5.41, 5.74) is 0. The van der Waals surface area contributed by atoms with Crippen LogP contribution in [0.3, 0.4) is 0 Å². The van der Waals surface area contributed by atoms with Gasteiger partial charge in [-0.1, -0.05) is 136 Å². The van der Waals surface area contributed by atoms with Crippen molar-refractivity contribution in [3.8, 4) is 0 Å². The predicted octanol–water partition coefficient (Wildman–Crippen LogP) is 8.58. The highest BCUT2D eigenvalue weighted by Crippen LogP contribution is 2.19. The van der Waals surface area contributed by atoms with Gasteiger partial charge in [0.25, 0.3) is 0 Å². The monoisotopic (exact) mass is 395 g/mol. The summed E-state index contributed by atoms with van der Waals surface area (Å²) in [5.74, 6) is 0.698. The Morgan fingerprint density at radius 2 is 0.857 bits per heavy atom. The van der Waals surface area contributed by atoms with E-state index in [1.165, 1.54) is 135 Å². The second-order valence-corrected chi connectivity index (χ2v) is 8.98. The molecule has 168 valence electrons. The molecule has 0 spiro atoms. The lowest BCUT2D eigenvalue weighted by Gasteiger charge is -2.16. The summed E-state index contributed by atoms with van der Waals surface area (Å²) in [4.78, 5) is 10.6. The van der Waals surface area contributed by atoms with E-state index in [0.29, 0.717) is 5.92 Å². The lowest BCUT2D eigenvalue weighted by atomic mass is 9.94. The standard InChI is InChI=1S/C26H53NO/c1-3-5-7-9-11-12-13-14-15-16-17-19-21-23-26(24-27-25-28)22-20-18-10-8-6-4-2/h25-26H,3-24H2,1-2H3,(H,27,28). The van der Waals surface area contributed by atoms with Crippen molar-refractivity contribution in [2.24, 2.45) is 5.92 Å². The van der Waals surface area contributed by atoms with Gasteiger partial charge in [-0.15, -0.1) is 0 Å². The van der Waals surface area contributed by atoms with Crippen LogP contribution < -0.4 is 5.32 Å². The zero-order valence-corrected chi connectivity index (χ0v) is 19.6. The van der Waals surface area contributed by atoms with Gasteiger partial charge in [-0.2, -0.15) is 0 Å². The number of carbonyl (C=O) groups is 1. The molecule has 1 unspecified atom stereocenters. The fraction of sp³-hybridized carbons (Fsp3) is 0.962. The molecule has 0 aliphatic carbocycles. The predicted molar refractivity (Wildman–Crippen MR) is 126 cm³/mol. The second kappa shape index (κ2) is 24.5. The summed E-state index contributed by atoms with van der Waals surface area (Å²) >= 11 is 0. The minimum absolute atomic E-state index is 0.698. The number of hydrogen-bond donors (Lipinski definition) is 1. The molecular weight excluding hydrogens is 342 g/mol. The van der Waals surface area contributed by atoms with Gasteiger partial charge in [0.05, 0.1) is 0 Å². The smallest absolute Gasteiger partial charge is 0.207 e. The molecule has 0 bridgehead atoms. The largest absolute Gasteiger partial charge is 0.358 e. The third-order valence-corrected chi connectivity index (χ3v) is 6.17. The Morgan fingerprint density at radius 3 is 1.18 bits per heavy atom. The van der Waals surface area contributed by atoms with Gasteiger partial charge in [-0.25, -0.2) is 0 Å². The maximum absolute atomic E-state index is 10.6. The molecule has 2 nitrogen and oxygen atoms in total. The molecule has 0 radical (unpaired) electrons. The molecule has 0 aromatic rings. The fourth-order valence-electron chi connectivity index (χ4n) is 4.23. The normalized spacial score (nSPS) is 12.2. The van der Waals surface area contributed by atoms with Crippen LogP contribution in [-0.2, 0) is 4.79 Å². The maximum atomic E-state index is 10.6. The van der Waals surface area contributed by atoms with Gasteiger partial charge in [0, 0.05) is 6.54 Å². The molecule has 0 aromatic carbocycles. The molecule has 0 saturated carbocycles. The topological polar surface area (TPSA) is 29.1 Å². The van der Waals surface area contributed by atoms with Gasteiger partial charge < -0.3 is 5.32 Å². The van der Waals surface area contributed by atoms with Crippen molar-refractivity contribution in [3.63, 3.8) is 0 Å². The van der Waals surface area contributed by atoms with E-state index in [1.807, 2.05) is 0 Å². The Bertz CT molecular complexity index is 292. The average Bonchev–Trinajstić information content (AvgIpc) is 2.71. The van der Waals surface area contributed by atoms with Gasteiger partial charge in [-0.3, -0.25) is 4.79 Å². The van der Waals surface area contributed by atoms with Crippen molar-refractivity contribution < 1.29 is 4.79 Å². The second-order valence-electron chi connectivity index (χ2n) is 8.98. The number of unbranched alkanes of at least 4 members (excludes halogenated alkanes) is 17. The molecule has 0 rings (SSSR count). The molecule has 0 saturated heterocycles. The highest BCUT2D eigenvalue weighted by atomic mass is 16.1. The Labute approximate surface area is 178 Å². The number of hydrogen-bond acceptors (Lipinski definition) is 1. The van der Waals surface area contributed by atoms with Crippen LogP contribution in [0, 0.1) is 5.92 Å². The molecule has 0 aromatic heterocycles. The van der Waals surface area contributed by atoms with E-state index in [1.54, 1.807) is 0 Å². The van der Waals surface area contributed by atoms with E-state index in [2.05, 4.69) is 19.2 Å². The van der Waals surface area contributed by atoms with Gasteiger partial charge >= 0.3 is 0 Å². The number of rotatable bonds is 24. The van der Waals surface area contributed by atoms with Crippen LogP contribution in [0.15, 0.2) is 0 Å². The first-order chi connectivity index (χ1) is 13.8. The van der Waals surface area contributed by atoms with Crippen molar-refractivity contribution in [2.45, 2.75) is 149 Å². The van der Waals surface area contributed by atoms with Crippen molar-refractivity contribution in [1.29, 1.82) is 0 Å². The molecule has 0 aliphatic rings. The molecular formula is C26H53NO. The van der Waals surface area contributed by atoms with Crippen molar-refractivity contribution in [3.05, 3.63) is 0 Å². The molecule has 0 heterocycles. The summed E-state index contributed by atoms with van der Waals surface area (Å²) < 4.78 is 0. The van der Waals surface area contributed by atoms with Crippen LogP contribution >= 0.6 is 0 Å². The molecule has 0 aliphatic heterocycles. The van der Waals surface area contributed by atoms with Crippen LogP contribution in [0.4, 0.5) is 0 Å². The lowest BCUT2D eigenvalue weighted by molar-refractivity contribution is -0.109. The molecule has 28 heavy (non-hydrogen) atoms. The first-order valence-electron chi connectivity index (χ1n) is 13.0. The SMILES string of the molecule is CCCCCCCCCCCCCCCC(CCCCCCCC)CNC=O. The van der Waals surface area contributed by atoms with E-state index in [4.69, 9.17) is 0 Å². The van der Waals surface area contributed by atoms with Gasteiger partial charge in [-0.05, 0) is 18.8 Å². The van der Waals surface area contributed by atoms with Crippen LogP contribution in [0.5, 0.6) is 0 Å². The maximum Gasteiger partial charge on any atom is 0.207 e. The zero-order valence-electron chi connectivity index (χ0n) is 19.6. The molecule has 1 N–H and O–H groups in total. The zero-order chi connectivity index (χ0) is 20.5. The van der Waals surface area contributed by atoms with E-state index in [0.717, 1.165) is 13.0 Å². The van der Waals surface area contributed by atoms with Gasteiger partial charge in [0.1, 0.15) is 0 Å². The number of carbonyl (C=O) groups excluding carboxylic acids is 1. The minimum Gasteiger partial charge on any atom is -0.358 e. The third kappa shape index (κ3) is 21.8. The summed E-state index contributed by atoms with van der Waals surface area (Å²) in [5, 5.41) is 2.93. The van der Waals surface area contributed by atoms with Crippen LogP contribution in [0.1, 0.15) is 149 Å². The summed E-state index contributed by atoms with van der Waals surface area (Å²) in [6.45, 7) is 5.45. The first kappa shape index (κ1) is 27.5. The van der Waals surface area contributed by atoms with Gasteiger partial charge in [0.2, 0.25) is 6.41 Å². The first-order valence-corrected chi connectivity index (χ1v) is 13.0. The lowest BCUT2D eigenvalue weighted by Crippen LogP contribution is -2.21. The quantitative estimate of drug-likeness (QED) is 0.129. The Hall–Kier alpha value is -0.530. The molecule has 1 atom stereocenters. The number of amides is 1. The molecule has 2 heteroatoms. The van der Waals surface area contributed by atoms with E-state index in [9.17, 15) is 4.79 Å². The fourth-order valence-corrected chi connectivity index (χ4v) is 4.23. The van der Waals surface area contributed by atoms with Crippen molar-refractivity contribution >= 4 is 6.41 Å². The van der Waals surface area contributed by atoms with Crippen LogP contribution in [0.2, 0.25) is 0 Å². The Kier molecular flexibility index (Phi) is 24.0. The summed E-state index contributed by atoms with van der Waals surface area (Å²) in [6.07, 6.45) is 30.1. The summed E-state index contributed by atoms with van der Waals surface area (Å²) in [7, 11) is 0. The van der Waals surface area contributed by atoms with E-state index in [-0.39, 0.29) is 0 Å². The van der Waals surface area contributed by atoms with E-state index < -0.39 is 0 Å². The highest BCUT2D eigenvalue weighted by molar-refractivity contribution is 5.45. The Balaban J connectivity index is 3.46. The van der Waals surface area contributed by atoms with Crippen molar-refractivity contribution in [2.75, 3.05) is 6.54 Å². The van der Waals surface area contributed by atoms with E-state index >= 15 is 0 Å². The Morgan fingerprint density at radius 1 is 0.536 bits per heavy atom. The van der Waals surface area contributed by atoms with Crippen LogP contribution in [0.25, 0.3) is 0 Å². The molecule has 0 fully saturated rings. The highest BCUT2D eigenvalue weighted by Gasteiger charge is 2.08. The molecule has 1 amide bonds. The third-order valence-electron chi connectivity index (χ3n) is 6.17. The van der Waals surface area contributed by atoms with Crippen molar-refractivity contribution in [1.82, 2.24) is 5.32 Å². The summed E-state index contributed by atoms with van der Waals surface area (Å²) in [6, 6.07) is 0.